The summed E-state index contributed by atoms with van der Waals surface area (Å²) < 4.78 is 5.48. The van der Waals surface area contributed by atoms with Gasteiger partial charge in [-0.3, -0.25) is 4.99 Å². The average Bonchev–Trinajstić information content (AvgIpc) is 2.69. The van der Waals surface area contributed by atoms with Crippen molar-refractivity contribution >= 4 is 5.71 Å². The van der Waals surface area contributed by atoms with Gasteiger partial charge in [-0.15, -0.1) is 0 Å². The second-order valence-corrected chi connectivity index (χ2v) is 9.31. The molecule has 4 aliphatic rings. The Morgan fingerprint density at radius 2 is 1.90 bits per heavy atom. The normalized spacial score (nSPS) is 26.8. The van der Waals surface area contributed by atoms with Crippen molar-refractivity contribution in [2.24, 2.45) is 10.9 Å². The summed E-state index contributed by atoms with van der Waals surface area (Å²) in [6, 6.07) is 15.9. The molecular weight excluding hydrogens is 356 g/mol. The van der Waals surface area contributed by atoms with Crippen LogP contribution in [0.2, 0.25) is 0 Å². The average molecular weight is 389 g/mol. The summed E-state index contributed by atoms with van der Waals surface area (Å²) in [5.41, 5.74) is 6.86. The highest BCUT2D eigenvalue weighted by molar-refractivity contribution is 6.14. The summed E-state index contributed by atoms with van der Waals surface area (Å²) in [5, 5.41) is 3.79. The molecule has 1 aliphatic heterocycles. The molecule has 0 amide bonds. The Kier molecular flexibility index (Phi) is 4.95. The first-order chi connectivity index (χ1) is 14.2. The lowest BCUT2D eigenvalue weighted by Crippen LogP contribution is -2.66. The standard InChI is InChI=1S/C26H32N2O/c1-3-4-5-22-12-21-13-23(29-2)10-11-24(21)25(28-22)20-8-6-18(7-9-20)17-27-26-14-19(15-26)16-26/h6-11,13,19,22,27H,3-5,12,14-17H2,1-2H3/t19?,22-,26?/m0/s1. The Morgan fingerprint density at radius 3 is 2.55 bits per heavy atom. The minimum atomic E-state index is 0.371. The number of ether oxygens (including phenoxy) is 1. The van der Waals surface area contributed by atoms with Crippen LogP contribution in [0.5, 0.6) is 5.75 Å². The van der Waals surface area contributed by atoms with E-state index in [0.717, 1.165) is 36.8 Å². The van der Waals surface area contributed by atoms with Gasteiger partial charge in [0.15, 0.2) is 0 Å². The quantitative estimate of drug-likeness (QED) is 0.667. The van der Waals surface area contributed by atoms with Crippen molar-refractivity contribution in [1.29, 1.82) is 0 Å². The molecular formula is C26H32N2O. The molecule has 152 valence electrons. The SMILES string of the molecule is CCCC[C@H]1Cc2cc(OC)ccc2C(c2ccc(CNC34CC(C3)C4)cc2)=N1. The molecule has 3 fully saturated rings. The lowest BCUT2D eigenvalue weighted by Gasteiger charge is -2.62. The van der Waals surface area contributed by atoms with Crippen molar-refractivity contribution in [2.75, 3.05) is 7.11 Å². The van der Waals surface area contributed by atoms with Crippen molar-refractivity contribution in [2.45, 2.75) is 70.0 Å². The Hall–Kier alpha value is -2.13. The molecule has 3 nitrogen and oxygen atoms in total. The van der Waals surface area contributed by atoms with Crippen LogP contribution >= 0.6 is 0 Å². The molecule has 2 aromatic rings. The van der Waals surface area contributed by atoms with Crippen molar-refractivity contribution < 1.29 is 4.74 Å². The molecule has 2 aromatic carbocycles. The van der Waals surface area contributed by atoms with Gasteiger partial charge in [-0.2, -0.15) is 0 Å². The van der Waals surface area contributed by atoms with Crippen molar-refractivity contribution in [3.63, 3.8) is 0 Å². The zero-order chi connectivity index (χ0) is 19.8. The molecule has 1 atom stereocenters. The molecule has 0 aromatic heterocycles. The Morgan fingerprint density at radius 1 is 1.10 bits per heavy atom. The summed E-state index contributed by atoms with van der Waals surface area (Å²) in [4.78, 5) is 5.19. The van der Waals surface area contributed by atoms with Crippen LogP contribution in [0.4, 0.5) is 0 Å². The molecule has 0 radical (unpaired) electrons. The maximum Gasteiger partial charge on any atom is 0.119 e. The fraction of sp³-hybridized carbons (Fsp3) is 0.500. The van der Waals surface area contributed by atoms with E-state index in [-0.39, 0.29) is 0 Å². The Balaban J connectivity index is 1.37. The smallest absolute Gasteiger partial charge is 0.119 e. The number of rotatable bonds is 8. The summed E-state index contributed by atoms with van der Waals surface area (Å²) in [5.74, 6) is 1.96. The van der Waals surface area contributed by atoms with Gasteiger partial charge in [0.2, 0.25) is 0 Å². The molecule has 0 saturated heterocycles. The van der Waals surface area contributed by atoms with E-state index in [1.54, 1.807) is 7.11 Å². The van der Waals surface area contributed by atoms with Crippen LogP contribution in [0.1, 0.15) is 67.7 Å². The maximum absolute atomic E-state index is 5.48. The number of hydrogen-bond acceptors (Lipinski definition) is 3. The summed E-state index contributed by atoms with van der Waals surface area (Å²) >= 11 is 0. The van der Waals surface area contributed by atoms with Gasteiger partial charge in [-0.1, -0.05) is 44.0 Å². The van der Waals surface area contributed by atoms with Gasteiger partial charge in [0, 0.05) is 23.2 Å². The lowest BCUT2D eigenvalue weighted by atomic mass is 9.50. The molecule has 1 heterocycles. The zero-order valence-electron chi connectivity index (χ0n) is 17.7. The molecule has 2 bridgehead atoms. The van der Waals surface area contributed by atoms with Crippen molar-refractivity contribution in [3.8, 4) is 5.75 Å². The van der Waals surface area contributed by atoms with Gasteiger partial charge in [0.1, 0.15) is 5.75 Å². The van der Waals surface area contributed by atoms with Crippen LogP contribution in [0.25, 0.3) is 0 Å². The number of fused-ring (bicyclic) bond motifs is 1. The van der Waals surface area contributed by atoms with Crippen LogP contribution in [-0.2, 0) is 13.0 Å². The van der Waals surface area contributed by atoms with Gasteiger partial charge in [-0.25, -0.2) is 0 Å². The maximum atomic E-state index is 5.48. The Bertz CT molecular complexity index is 898. The van der Waals surface area contributed by atoms with Crippen LogP contribution in [0, 0.1) is 5.92 Å². The number of hydrogen-bond donors (Lipinski definition) is 1. The second kappa shape index (κ2) is 7.60. The molecule has 0 spiro atoms. The molecule has 6 rings (SSSR count). The highest BCUT2D eigenvalue weighted by Crippen LogP contribution is 2.57. The van der Waals surface area contributed by atoms with Crippen LogP contribution in [0.15, 0.2) is 47.5 Å². The predicted molar refractivity (Wildman–Crippen MR) is 119 cm³/mol. The predicted octanol–water partition coefficient (Wildman–Crippen LogP) is 5.29. The van der Waals surface area contributed by atoms with E-state index in [1.807, 2.05) is 0 Å². The van der Waals surface area contributed by atoms with Gasteiger partial charge in [0.25, 0.3) is 0 Å². The fourth-order valence-corrected chi connectivity index (χ4v) is 5.25. The first-order valence-corrected chi connectivity index (χ1v) is 11.3. The number of nitrogens with one attached hydrogen (secondary N) is 1. The van der Waals surface area contributed by atoms with Crippen LogP contribution in [0.3, 0.4) is 0 Å². The molecule has 3 saturated carbocycles. The van der Waals surface area contributed by atoms with Gasteiger partial charge in [-0.05, 0) is 67.3 Å². The third-order valence-electron chi connectivity index (χ3n) is 7.16. The van der Waals surface area contributed by atoms with Gasteiger partial charge in [0.05, 0.1) is 18.9 Å². The lowest BCUT2D eigenvalue weighted by molar-refractivity contribution is -0.0520. The molecule has 0 unspecified atom stereocenters. The second-order valence-electron chi connectivity index (χ2n) is 9.31. The number of nitrogens with zero attached hydrogens (tertiary/aromatic N) is 1. The van der Waals surface area contributed by atoms with Gasteiger partial charge >= 0.3 is 0 Å². The third kappa shape index (κ3) is 3.61. The van der Waals surface area contributed by atoms with E-state index in [1.165, 1.54) is 54.4 Å². The van der Waals surface area contributed by atoms with Crippen molar-refractivity contribution in [1.82, 2.24) is 5.32 Å². The first-order valence-electron chi connectivity index (χ1n) is 11.3. The third-order valence-corrected chi connectivity index (χ3v) is 7.16. The summed E-state index contributed by atoms with van der Waals surface area (Å²) in [6.45, 7) is 3.23. The largest absolute Gasteiger partial charge is 0.497 e. The fourth-order valence-electron chi connectivity index (χ4n) is 5.25. The molecule has 3 heteroatoms. The molecule has 1 N–H and O–H groups in total. The molecule has 29 heavy (non-hydrogen) atoms. The van der Waals surface area contributed by atoms with Gasteiger partial charge < -0.3 is 10.1 Å². The molecule has 3 aliphatic carbocycles. The summed E-state index contributed by atoms with van der Waals surface area (Å²) in [6.07, 6.45) is 8.79. The van der Waals surface area contributed by atoms with Crippen LogP contribution < -0.4 is 10.1 Å². The minimum Gasteiger partial charge on any atom is -0.497 e. The number of unbranched alkanes of at least 4 members (excludes halogenated alkanes) is 1. The van der Waals surface area contributed by atoms with E-state index in [2.05, 4.69) is 54.7 Å². The van der Waals surface area contributed by atoms with E-state index in [0.29, 0.717) is 11.6 Å². The van der Waals surface area contributed by atoms with Crippen LogP contribution in [-0.4, -0.2) is 24.4 Å². The monoisotopic (exact) mass is 388 g/mol. The van der Waals surface area contributed by atoms with E-state index in [9.17, 15) is 0 Å². The summed E-state index contributed by atoms with van der Waals surface area (Å²) in [7, 11) is 1.74. The number of aliphatic imine (C=N–C) groups is 1. The van der Waals surface area contributed by atoms with E-state index >= 15 is 0 Å². The highest BCUT2D eigenvalue weighted by Gasteiger charge is 2.55. The van der Waals surface area contributed by atoms with Crippen molar-refractivity contribution in [3.05, 3.63) is 64.7 Å². The van der Waals surface area contributed by atoms with E-state index < -0.39 is 0 Å². The number of methoxy groups -OCH3 is 1. The minimum absolute atomic E-state index is 0.371. The zero-order valence-corrected chi connectivity index (χ0v) is 17.7. The van der Waals surface area contributed by atoms with E-state index in [4.69, 9.17) is 9.73 Å². The Labute approximate surface area is 174 Å². The number of benzene rings is 2. The highest BCUT2D eigenvalue weighted by atomic mass is 16.5. The first kappa shape index (κ1) is 18.9. The topological polar surface area (TPSA) is 33.6 Å².